The van der Waals surface area contributed by atoms with E-state index in [0.29, 0.717) is 19.3 Å². The van der Waals surface area contributed by atoms with E-state index in [9.17, 15) is 24.2 Å². The molecule has 0 aliphatic heterocycles. The van der Waals surface area contributed by atoms with Gasteiger partial charge in [-0.1, -0.05) is 199 Å². The Balaban J connectivity index is 4.22. The van der Waals surface area contributed by atoms with Crippen LogP contribution in [-0.2, 0) is 32.7 Å². The Labute approximate surface area is 361 Å². The van der Waals surface area contributed by atoms with E-state index < -0.39 is 51.8 Å². The number of aliphatic hydroxyl groups is 2. The van der Waals surface area contributed by atoms with Gasteiger partial charge in [-0.15, -0.1) is 0 Å². The topological polar surface area (TPSA) is 149 Å². The maximum Gasteiger partial charge on any atom is 0.472 e. The molecule has 0 spiro atoms. The fourth-order valence-electron chi connectivity index (χ4n) is 6.84. The van der Waals surface area contributed by atoms with Crippen molar-refractivity contribution in [1.82, 2.24) is 0 Å². The standard InChI is InChI=1S/C48H91O10P/c1-3-5-7-9-11-13-15-17-18-19-20-21-22-23-24-25-26-28-30-32-34-36-38-40-48(52)58-46(44-57-59(53,54)56-42-45(50)41-49)43-55-47(51)39-37-35-33-31-29-27-16-14-12-10-8-6-4-2/h25-26,32,34,45-46,49-50H,3-24,27-31,33,35-44H2,1-2H3,(H,53,54)/b26-25+,34-32+/t45-,46+/m0/s1. The lowest BCUT2D eigenvalue weighted by molar-refractivity contribution is -0.161. The van der Waals surface area contributed by atoms with Crippen molar-refractivity contribution in [3.05, 3.63) is 24.3 Å². The number of aliphatic hydroxyl groups excluding tert-OH is 2. The van der Waals surface area contributed by atoms with Crippen LogP contribution in [0.25, 0.3) is 0 Å². The van der Waals surface area contributed by atoms with Gasteiger partial charge in [0, 0.05) is 12.8 Å². The Morgan fingerprint density at radius 2 is 0.864 bits per heavy atom. The largest absolute Gasteiger partial charge is 0.472 e. The molecule has 10 nitrogen and oxygen atoms in total. The fourth-order valence-corrected chi connectivity index (χ4v) is 7.63. The number of carbonyl (C=O) groups excluding carboxylic acids is 2. The van der Waals surface area contributed by atoms with Crippen molar-refractivity contribution < 1.29 is 47.8 Å². The first kappa shape index (κ1) is 57.4. The molecule has 0 aliphatic rings. The molecular weight excluding hydrogens is 767 g/mol. The molecule has 0 fully saturated rings. The minimum Gasteiger partial charge on any atom is -0.462 e. The second kappa shape index (κ2) is 44.5. The summed E-state index contributed by atoms with van der Waals surface area (Å²) >= 11 is 0. The van der Waals surface area contributed by atoms with Crippen molar-refractivity contribution in [3.63, 3.8) is 0 Å². The van der Waals surface area contributed by atoms with E-state index in [1.165, 1.54) is 148 Å². The summed E-state index contributed by atoms with van der Waals surface area (Å²) in [5.41, 5.74) is 0. The number of hydrogen-bond acceptors (Lipinski definition) is 9. The summed E-state index contributed by atoms with van der Waals surface area (Å²) in [6, 6.07) is 0. The van der Waals surface area contributed by atoms with Gasteiger partial charge in [-0.2, -0.15) is 0 Å². The van der Waals surface area contributed by atoms with Gasteiger partial charge in [0.05, 0.1) is 19.8 Å². The second-order valence-corrected chi connectivity index (χ2v) is 17.9. The van der Waals surface area contributed by atoms with E-state index in [1.54, 1.807) is 0 Å². The summed E-state index contributed by atoms with van der Waals surface area (Å²) in [6.45, 7) is 2.37. The van der Waals surface area contributed by atoms with Crippen LogP contribution in [0.3, 0.4) is 0 Å². The minimum absolute atomic E-state index is 0.128. The number of phosphoric acid groups is 1. The van der Waals surface area contributed by atoms with Crippen LogP contribution in [0.15, 0.2) is 24.3 Å². The summed E-state index contributed by atoms with van der Waals surface area (Å²) in [6.07, 6.45) is 45.9. The molecule has 348 valence electrons. The first-order valence-corrected chi connectivity index (χ1v) is 25.8. The smallest absolute Gasteiger partial charge is 0.462 e. The van der Waals surface area contributed by atoms with Gasteiger partial charge in [-0.05, 0) is 44.9 Å². The number of carbonyl (C=O) groups is 2. The highest BCUT2D eigenvalue weighted by Gasteiger charge is 2.27. The Morgan fingerprint density at radius 3 is 1.32 bits per heavy atom. The Morgan fingerprint density at radius 1 is 0.492 bits per heavy atom. The average Bonchev–Trinajstić information content (AvgIpc) is 3.22. The molecule has 3 N–H and O–H groups in total. The molecule has 11 heteroatoms. The molecule has 0 aliphatic carbocycles. The van der Waals surface area contributed by atoms with Crippen molar-refractivity contribution in [2.45, 2.75) is 244 Å². The third kappa shape index (κ3) is 44.3. The van der Waals surface area contributed by atoms with Gasteiger partial charge in [0.15, 0.2) is 6.10 Å². The van der Waals surface area contributed by atoms with Gasteiger partial charge in [0.1, 0.15) is 12.7 Å². The SMILES string of the molecule is CCCCCCCCCCCCCCCC/C=C/CC/C=C/CCCC(=O)O[C@H](COC(=O)CCCCCCCCCCCCCCC)COP(=O)(O)OC[C@@H](O)CO. The highest BCUT2D eigenvalue weighted by Crippen LogP contribution is 2.43. The zero-order chi connectivity index (χ0) is 43.3. The Bertz CT molecular complexity index is 1040. The molecule has 1 unspecified atom stereocenters. The normalized spacial score (nSPS) is 13.9. The minimum atomic E-state index is -4.63. The van der Waals surface area contributed by atoms with Crippen LogP contribution in [0, 0.1) is 0 Å². The lowest BCUT2D eigenvalue weighted by Gasteiger charge is -2.20. The van der Waals surface area contributed by atoms with E-state index in [1.807, 2.05) is 0 Å². The van der Waals surface area contributed by atoms with E-state index in [0.717, 1.165) is 38.5 Å². The molecule has 0 saturated heterocycles. The van der Waals surface area contributed by atoms with Gasteiger partial charge >= 0.3 is 19.8 Å². The maximum absolute atomic E-state index is 12.6. The zero-order valence-electron chi connectivity index (χ0n) is 38.0. The van der Waals surface area contributed by atoms with Gasteiger partial charge < -0.3 is 24.6 Å². The van der Waals surface area contributed by atoms with Crippen molar-refractivity contribution in [2.75, 3.05) is 26.4 Å². The van der Waals surface area contributed by atoms with E-state index in [-0.39, 0.29) is 19.4 Å². The van der Waals surface area contributed by atoms with Crippen molar-refractivity contribution in [2.24, 2.45) is 0 Å². The maximum atomic E-state index is 12.6. The summed E-state index contributed by atoms with van der Waals surface area (Å²) in [4.78, 5) is 35.0. The number of hydrogen-bond donors (Lipinski definition) is 3. The van der Waals surface area contributed by atoms with Gasteiger partial charge in [0.25, 0.3) is 0 Å². The summed E-state index contributed by atoms with van der Waals surface area (Å²) in [5.74, 6) is -0.964. The monoisotopic (exact) mass is 859 g/mol. The Hall–Kier alpha value is -1.55. The molecule has 0 aromatic heterocycles. The quantitative estimate of drug-likeness (QED) is 0.0234. The number of phosphoric ester groups is 1. The molecule has 59 heavy (non-hydrogen) atoms. The number of esters is 2. The van der Waals surface area contributed by atoms with E-state index in [2.05, 4.69) is 38.2 Å². The van der Waals surface area contributed by atoms with Crippen LogP contribution in [0.5, 0.6) is 0 Å². The summed E-state index contributed by atoms with van der Waals surface area (Å²) in [7, 11) is -4.63. The van der Waals surface area contributed by atoms with Crippen LogP contribution < -0.4 is 0 Å². The van der Waals surface area contributed by atoms with Gasteiger partial charge in [-0.3, -0.25) is 18.6 Å². The molecule has 0 heterocycles. The molecule has 0 aromatic carbocycles. The van der Waals surface area contributed by atoms with Crippen molar-refractivity contribution >= 4 is 19.8 Å². The molecular formula is C48H91O10P. The second-order valence-electron chi connectivity index (χ2n) is 16.5. The van der Waals surface area contributed by atoms with Crippen molar-refractivity contribution in [3.8, 4) is 0 Å². The molecule has 0 aromatic rings. The third-order valence-corrected chi connectivity index (χ3v) is 11.5. The van der Waals surface area contributed by atoms with Crippen molar-refractivity contribution in [1.29, 1.82) is 0 Å². The predicted octanol–water partition coefficient (Wildman–Crippen LogP) is 13.3. The number of rotatable bonds is 46. The van der Waals surface area contributed by atoms with Gasteiger partial charge in [0.2, 0.25) is 0 Å². The first-order chi connectivity index (χ1) is 28.7. The summed E-state index contributed by atoms with van der Waals surface area (Å²) < 4.78 is 32.7. The van der Waals surface area contributed by atoms with Crippen LogP contribution in [-0.4, -0.2) is 65.7 Å². The predicted molar refractivity (Wildman–Crippen MR) is 242 cm³/mol. The molecule has 0 amide bonds. The number of ether oxygens (including phenoxy) is 2. The van der Waals surface area contributed by atoms with Crippen LogP contribution in [0.2, 0.25) is 0 Å². The van der Waals surface area contributed by atoms with Gasteiger partial charge in [-0.25, -0.2) is 4.57 Å². The number of allylic oxidation sites excluding steroid dienone is 4. The highest BCUT2D eigenvalue weighted by atomic mass is 31.2. The van der Waals surface area contributed by atoms with Crippen LogP contribution in [0.4, 0.5) is 0 Å². The number of unbranched alkanes of at least 4 members (excludes halogenated alkanes) is 28. The zero-order valence-corrected chi connectivity index (χ0v) is 38.9. The Kier molecular flexibility index (Phi) is 43.3. The molecule has 3 atom stereocenters. The van der Waals surface area contributed by atoms with E-state index in [4.69, 9.17) is 23.6 Å². The van der Waals surface area contributed by atoms with E-state index >= 15 is 0 Å². The lowest BCUT2D eigenvalue weighted by atomic mass is 10.0. The average molecular weight is 859 g/mol. The molecule has 0 saturated carbocycles. The third-order valence-electron chi connectivity index (χ3n) is 10.6. The molecule has 0 bridgehead atoms. The summed E-state index contributed by atoms with van der Waals surface area (Å²) in [5, 5.41) is 18.4. The lowest BCUT2D eigenvalue weighted by Crippen LogP contribution is -2.29. The highest BCUT2D eigenvalue weighted by molar-refractivity contribution is 7.47. The molecule has 0 radical (unpaired) electrons. The molecule has 0 rings (SSSR count). The first-order valence-electron chi connectivity index (χ1n) is 24.3. The van der Waals surface area contributed by atoms with Crippen LogP contribution >= 0.6 is 7.82 Å². The fraction of sp³-hybridized carbons (Fsp3) is 0.875. The van der Waals surface area contributed by atoms with Crippen LogP contribution in [0.1, 0.15) is 232 Å².